The van der Waals surface area contributed by atoms with Crippen molar-refractivity contribution in [3.63, 3.8) is 0 Å². The Labute approximate surface area is 56.2 Å². The van der Waals surface area contributed by atoms with Gasteiger partial charge in [-0.2, -0.15) is 0 Å². The van der Waals surface area contributed by atoms with E-state index in [2.05, 4.69) is 0 Å². The molecule has 0 aliphatic carbocycles. The van der Waals surface area contributed by atoms with Crippen LogP contribution in [0.15, 0.2) is 0 Å². The number of carbonyl (C=O) groups excluding carboxylic acids is 3. The van der Waals surface area contributed by atoms with Crippen LogP contribution in [0.2, 0.25) is 0 Å². The molecular weight excluding hydrogens is 140 g/mol. The van der Waals surface area contributed by atoms with Gasteiger partial charge in [-0.3, -0.25) is 20.2 Å². The minimum Gasteiger partial charge on any atom is -0.387 e. The van der Waals surface area contributed by atoms with Gasteiger partial charge in [-0.05, 0) is 0 Å². The van der Waals surface area contributed by atoms with Crippen molar-refractivity contribution in [2.45, 2.75) is 0 Å². The van der Waals surface area contributed by atoms with E-state index in [1.807, 2.05) is 0 Å². The molecule has 6 nitrogen and oxygen atoms in total. The number of nitrogens with one attached hydrogen (secondary N) is 2. The summed E-state index contributed by atoms with van der Waals surface area (Å²) in [5, 5.41) is 11.4. The molecule has 0 aliphatic rings. The quantitative estimate of drug-likeness (QED) is 0.391. The molecule has 3 N–H and O–H groups in total. The normalized spacial score (nSPS) is 8.10. The van der Waals surface area contributed by atoms with Gasteiger partial charge in [0, 0.05) is 0 Å². The van der Waals surface area contributed by atoms with E-state index in [0.29, 0.717) is 0 Å². The van der Waals surface area contributed by atoms with Crippen molar-refractivity contribution in [1.82, 2.24) is 10.6 Å². The van der Waals surface area contributed by atoms with Gasteiger partial charge in [0.25, 0.3) is 5.91 Å². The van der Waals surface area contributed by atoms with Crippen LogP contribution in [0.4, 0.5) is 4.79 Å². The summed E-state index contributed by atoms with van der Waals surface area (Å²) in [6.07, 6.45) is 0.125. The molecule has 0 saturated carbocycles. The standard InChI is InChI=1S/C4H6N2O4/c7-1-3(9)6-4(10)5-2-8/h2,7H,1H2,(H2,5,6,8,9,10). The smallest absolute Gasteiger partial charge is 0.327 e. The van der Waals surface area contributed by atoms with Crippen molar-refractivity contribution in [2.24, 2.45) is 0 Å². The lowest BCUT2D eigenvalue weighted by Gasteiger charge is -1.96. The van der Waals surface area contributed by atoms with Gasteiger partial charge in [-0.25, -0.2) is 4.79 Å². The third-order valence-corrected chi connectivity index (χ3v) is 0.587. The molecule has 0 fully saturated rings. The molecule has 10 heavy (non-hydrogen) atoms. The zero-order valence-corrected chi connectivity index (χ0v) is 4.96. The topological polar surface area (TPSA) is 95.5 Å². The van der Waals surface area contributed by atoms with Gasteiger partial charge in [-0.1, -0.05) is 0 Å². The van der Waals surface area contributed by atoms with E-state index in [1.165, 1.54) is 0 Å². The van der Waals surface area contributed by atoms with Gasteiger partial charge in [0.1, 0.15) is 6.61 Å². The van der Waals surface area contributed by atoms with Gasteiger partial charge >= 0.3 is 6.03 Å². The molecule has 0 unspecified atom stereocenters. The van der Waals surface area contributed by atoms with Crippen LogP contribution in [-0.2, 0) is 9.59 Å². The van der Waals surface area contributed by atoms with Crippen LogP contribution >= 0.6 is 0 Å². The molecule has 56 valence electrons. The fraction of sp³-hybridized carbons (Fsp3) is 0.250. The second-order valence-corrected chi connectivity index (χ2v) is 1.30. The van der Waals surface area contributed by atoms with E-state index >= 15 is 0 Å². The fourth-order valence-electron chi connectivity index (χ4n) is 0.256. The average Bonchev–Trinajstić information content (AvgIpc) is 1.88. The summed E-state index contributed by atoms with van der Waals surface area (Å²) in [5.74, 6) is -0.862. The van der Waals surface area contributed by atoms with E-state index in [4.69, 9.17) is 5.11 Å². The van der Waals surface area contributed by atoms with Gasteiger partial charge in [-0.15, -0.1) is 0 Å². The number of carbonyl (C=O) groups is 3. The van der Waals surface area contributed by atoms with E-state index in [-0.39, 0.29) is 6.41 Å². The molecule has 0 rings (SSSR count). The first-order chi connectivity index (χ1) is 4.70. The van der Waals surface area contributed by atoms with E-state index < -0.39 is 18.5 Å². The van der Waals surface area contributed by atoms with Crippen LogP contribution in [0.3, 0.4) is 0 Å². The van der Waals surface area contributed by atoms with Crippen LogP contribution in [-0.4, -0.2) is 30.1 Å². The predicted molar refractivity (Wildman–Crippen MR) is 29.8 cm³/mol. The van der Waals surface area contributed by atoms with Crippen molar-refractivity contribution in [3.05, 3.63) is 0 Å². The molecule has 0 aromatic heterocycles. The molecule has 0 spiro atoms. The number of rotatable bonds is 2. The number of urea groups is 1. The first-order valence-corrected chi connectivity index (χ1v) is 2.35. The number of hydrogen-bond donors (Lipinski definition) is 3. The van der Waals surface area contributed by atoms with Gasteiger partial charge in [0.05, 0.1) is 0 Å². The number of amides is 4. The summed E-state index contributed by atoms with van der Waals surface area (Å²) < 4.78 is 0. The highest BCUT2D eigenvalue weighted by molar-refractivity contribution is 5.98. The zero-order valence-electron chi connectivity index (χ0n) is 4.96. The van der Waals surface area contributed by atoms with Crippen molar-refractivity contribution < 1.29 is 19.5 Å². The Kier molecular flexibility index (Phi) is 3.81. The molecule has 0 saturated heterocycles. The fourth-order valence-corrected chi connectivity index (χ4v) is 0.256. The summed E-state index contributed by atoms with van der Waals surface area (Å²) in [7, 11) is 0. The summed E-state index contributed by atoms with van der Waals surface area (Å²) >= 11 is 0. The molecule has 0 aliphatic heterocycles. The molecule has 0 bridgehead atoms. The van der Waals surface area contributed by atoms with Crippen molar-refractivity contribution in [3.8, 4) is 0 Å². The van der Waals surface area contributed by atoms with Gasteiger partial charge in [0.15, 0.2) is 0 Å². The Bertz CT molecular complexity index is 155. The number of hydrogen-bond acceptors (Lipinski definition) is 4. The number of aliphatic hydroxyl groups is 1. The van der Waals surface area contributed by atoms with Crippen LogP contribution in [0.1, 0.15) is 0 Å². The lowest BCUT2D eigenvalue weighted by Crippen LogP contribution is -2.40. The molecule has 0 aromatic rings. The number of imide groups is 2. The Morgan fingerprint density at radius 1 is 1.50 bits per heavy atom. The second kappa shape index (κ2) is 4.45. The van der Waals surface area contributed by atoms with Crippen molar-refractivity contribution in [2.75, 3.05) is 6.61 Å². The predicted octanol–water partition coefficient (Wildman–Crippen LogP) is -2.04. The highest BCUT2D eigenvalue weighted by atomic mass is 16.3. The third kappa shape index (κ3) is 3.56. The molecule has 0 radical (unpaired) electrons. The maximum atomic E-state index is 10.2. The summed E-state index contributed by atoms with van der Waals surface area (Å²) in [4.78, 5) is 29.9. The molecule has 0 heterocycles. The Morgan fingerprint density at radius 3 is 2.50 bits per heavy atom. The van der Waals surface area contributed by atoms with E-state index in [1.54, 1.807) is 10.6 Å². The summed E-state index contributed by atoms with van der Waals surface area (Å²) in [6, 6.07) is -0.950. The summed E-state index contributed by atoms with van der Waals surface area (Å²) in [5.41, 5.74) is 0. The maximum Gasteiger partial charge on any atom is 0.327 e. The van der Waals surface area contributed by atoms with Crippen LogP contribution in [0, 0.1) is 0 Å². The zero-order chi connectivity index (χ0) is 7.98. The molecule has 6 heteroatoms. The Hall–Kier alpha value is -1.43. The molecular formula is C4H6N2O4. The minimum absolute atomic E-state index is 0.125. The average molecular weight is 146 g/mol. The Balaban J connectivity index is 3.57. The lowest BCUT2D eigenvalue weighted by molar-refractivity contribution is -0.122. The largest absolute Gasteiger partial charge is 0.387 e. The monoisotopic (exact) mass is 146 g/mol. The molecule has 0 atom stereocenters. The second-order valence-electron chi connectivity index (χ2n) is 1.30. The van der Waals surface area contributed by atoms with Crippen LogP contribution < -0.4 is 10.6 Å². The summed E-state index contributed by atoms with van der Waals surface area (Å²) in [6.45, 7) is -0.785. The highest BCUT2D eigenvalue weighted by Crippen LogP contribution is 1.62. The van der Waals surface area contributed by atoms with Gasteiger partial charge in [0.2, 0.25) is 6.41 Å². The van der Waals surface area contributed by atoms with E-state index in [9.17, 15) is 14.4 Å². The first-order valence-electron chi connectivity index (χ1n) is 2.35. The van der Waals surface area contributed by atoms with Crippen LogP contribution in [0.25, 0.3) is 0 Å². The van der Waals surface area contributed by atoms with Crippen molar-refractivity contribution >= 4 is 18.3 Å². The third-order valence-electron chi connectivity index (χ3n) is 0.587. The van der Waals surface area contributed by atoms with Gasteiger partial charge < -0.3 is 5.11 Å². The Morgan fingerprint density at radius 2 is 2.10 bits per heavy atom. The maximum absolute atomic E-state index is 10.2. The first kappa shape index (κ1) is 8.57. The van der Waals surface area contributed by atoms with E-state index in [0.717, 1.165) is 0 Å². The van der Waals surface area contributed by atoms with Crippen molar-refractivity contribution in [1.29, 1.82) is 0 Å². The molecule has 4 amide bonds. The number of aliphatic hydroxyl groups excluding tert-OH is 1. The minimum atomic E-state index is -0.950. The SMILES string of the molecule is O=CNC(=O)NC(=O)CO. The van der Waals surface area contributed by atoms with Crippen LogP contribution in [0.5, 0.6) is 0 Å². The molecule has 0 aromatic carbocycles. The highest BCUT2D eigenvalue weighted by Gasteiger charge is 2.02. The lowest BCUT2D eigenvalue weighted by atomic mass is 10.6.